The summed E-state index contributed by atoms with van der Waals surface area (Å²) in [6.07, 6.45) is 0. The SMILES string of the molecule is NCCOS(=O)(=O)[O-].[K+]. The molecule has 0 aliphatic rings. The van der Waals surface area contributed by atoms with E-state index < -0.39 is 10.4 Å². The molecule has 50 valence electrons. The third-order valence-electron chi connectivity index (χ3n) is 0.346. The van der Waals surface area contributed by atoms with E-state index in [1.54, 1.807) is 0 Å². The first-order valence-electron chi connectivity index (χ1n) is 1.86. The van der Waals surface area contributed by atoms with Crippen LogP contribution < -0.4 is 57.1 Å². The van der Waals surface area contributed by atoms with Gasteiger partial charge >= 0.3 is 51.4 Å². The molecule has 0 radical (unpaired) electrons. The van der Waals surface area contributed by atoms with Crippen molar-refractivity contribution in [2.75, 3.05) is 13.2 Å². The number of hydrogen-bond acceptors (Lipinski definition) is 5. The van der Waals surface area contributed by atoms with Crippen molar-refractivity contribution < 1.29 is 68.5 Å². The Hall–Kier alpha value is 1.47. The second-order valence-corrected chi connectivity index (χ2v) is 2.07. The Morgan fingerprint density at radius 2 is 2.00 bits per heavy atom. The zero-order valence-electron chi connectivity index (χ0n) is 5.03. The normalized spacial score (nSPS) is 10.4. The largest absolute Gasteiger partial charge is 1.00 e. The van der Waals surface area contributed by atoms with Crippen LogP contribution in [0, 0.1) is 0 Å². The summed E-state index contributed by atoms with van der Waals surface area (Å²) in [5.41, 5.74) is 4.81. The van der Waals surface area contributed by atoms with Crippen LogP contribution in [0.15, 0.2) is 0 Å². The average Bonchev–Trinajstić information content (AvgIpc) is 1.59. The molecule has 2 N–H and O–H groups in total. The molecule has 0 aliphatic carbocycles. The van der Waals surface area contributed by atoms with Gasteiger partial charge in [-0.25, -0.2) is 8.42 Å². The maximum atomic E-state index is 9.56. The molecule has 0 aliphatic heterocycles. The molecule has 0 amide bonds. The third-order valence-corrected chi connectivity index (χ3v) is 0.801. The summed E-state index contributed by atoms with van der Waals surface area (Å²) in [5, 5.41) is 0. The molecule has 0 atom stereocenters. The van der Waals surface area contributed by atoms with E-state index in [1.165, 1.54) is 0 Å². The first-order valence-corrected chi connectivity index (χ1v) is 3.20. The van der Waals surface area contributed by atoms with E-state index in [-0.39, 0.29) is 64.5 Å². The van der Waals surface area contributed by atoms with Gasteiger partial charge in [-0.3, -0.25) is 4.18 Å². The topological polar surface area (TPSA) is 92.5 Å². The number of hydrogen-bond donors (Lipinski definition) is 1. The summed E-state index contributed by atoms with van der Waals surface area (Å²) in [6.45, 7) is -0.215. The predicted molar refractivity (Wildman–Crippen MR) is 24.7 cm³/mol. The van der Waals surface area contributed by atoms with E-state index in [4.69, 9.17) is 5.73 Å². The van der Waals surface area contributed by atoms with Gasteiger partial charge in [-0.15, -0.1) is 0 Å². The first-order chi connectivity index (χ1) is 3.56. The van der Waals surface area contributed by atoms with Gasteiger partial charge in [-0.2, -0.15) is 0 Å². The van der Waals surface area contributed by atoms with Gasteiger partial charge in [0.2, 0.25) is 10.4 Å². The molecule has 0 rings (SSSR count). The molecule has 0 heterocycles. The van der Waals surface area contributed by atoms with Gasteiger partial charge < -0.3 is 10.3 Å². The van der Waals surface area contributed by atoms with Gasteiger partial charge in [0.15, 0.2) is 0 Å². The van der Waals surface area contributed by atoms with Crippen molar-refractivity contribution in [3.05, 3.63) is 0 Å². The molecule has 7 heteroatoms. The van der Waals surface area contributed by atoms with E-state index in [0.717, 1.165) is 0 Å². The van der Waals surface area contributed by atoms with Crippen molar-refractivity contribution in [2.45, 2.75) is 0 Å². The number of nitrogens with two attached hydrogens (primary N) is 1. The molecule has 0 aromatic heterocycles. The van der Waals surface area contributed by atoms with Crippen molar-refractivity contribution in [1.29, 1.82) is 0 Å². The third kappa shape index (κ3) is 12.6. The second-order valence-electron chi connectivity index (χ2n) is 1.02. The fraction of sp³-hybridized carbons (Fsp3) is 1.00. The number of rotatable bonds is 3. The van der Waals surface area contributed by atoms with Crippen LogP contribution in [-0.2, 0) is 14.6 Å². The van der Waals surface area contributed by atoms with Gasteiger partial charge in [0.05, 0.1) is 6.61 Å². The van der Waals surface area contributed by atoms with E-state index in [0.29, 0.717) is 0 Å². The van der Waals surface area contributed by atoms with E-state index in [1.807, 2.05) is 0 Å². The van der Waals surface area contributed by atoms with Crippen LogP contribution in [0.2, 0.25) is 0 Å². The zero-order valence-corrected chi connectivity index (χ0v) is 8.97. The Morgan fingerprint density at radius 1 is 1.56 bits per heavy atom. The van der Waals surface area contributed by atoms with Crippen LogP contribution in [0.4, 0.5) is 0 Å². The summed E-state index contributed by atoms with van der Waals surface area (Å²) in [4.78, 5) is 0. The van der Waals surface area contributed by atoms with Crippen LogP contribution >= 0.6 is 0 Å². The first kappa shape index (κ1) is 13.1. The summed E-state index contributed by atoms with van der Waals surface area (Å²) >= 11 is 0. The molecule has 0 saturated heterocycles. The van der Waals surface area contributed by atoms with Crippen LogP contribution in [0.25, 0.3) is 0 Å². The summed E-state index contributed by atoms with van der Waals surface area (Å²) in [6, 6.07) is 0. The molecule has 0 saturated carbocycles. The molecule has 0 aromatic rings. The van der Waals surface area contributed by atoms with Crippen molar-refractivity contribution in [1.82, 2.24) is 0 Å². The van der Waals surface area contributed by atoms with Crippen LogP contribution in [-0.4, -0.2) is 26.1 Å². The van der Waals surface area contributed by atoms with Crippen LogP contribution in [0.5, 0.6) is 0 Å². The van der Waals surface area contributed by atoms with Crippen LogP contribution in [0.3, 0.4) is 0 Å². The molecule has 0 unspecified atom stereocenters. The van der Waals surface area contributed by atoms with Gasteiger partial charge in [0, 0.05) is 6.54 Å². The van der Waals surface area contributed by atoms with Gasteiger partial charge in [0.1, 0.15) is 0 Å². The minimum Gasteiger partial charge on any atom is -0.726 e. The molecule has 0 aromatic carbocycles. The van der Waals surface area contributed by atoms with Gasteiger partial charge in [0.25, 0.3) is 0 Å². The maximum Gasteiger partial charge on any atom is 1.00 e. The molecular formula is C2H6KNO4S. The van der Waals surface area contributed by atoms with Gasteiger partial charge in [-0.1, -0.05) is 0 Å². The second kappa shape index (κ2) is 6.19. The molecule has 0 fully saturated rings. The maximum absolute atomic E-state index is 9.56. The molecule has 9 heavy (non-hydrogen) atoms. The molecule has 0 bridgehead atoms. The minimum absolute atomic E-state index is 0. The van der Waals surface area contributed by atoms with Crippen molar-refractivity contribution in [3.8, 4) is 0 Å². The van der Waals surface area contributed by atoms with Crippen molar-refractivity contribution in [3.63, 3.8) is 0 Å². The fourth-order valence-electron chi connectivity index (χ4n) is 0.150. The Bertz CT molecular complexity index is 143. The van der Waals surface area contributed by atoms with Crippen molar-refractivity contribution >= 4 is 10.4 Å². The monoisotopic (exact) mass is 179 g/mol. The Labute approximate surface area is 96.3 Å². The van der Waals surface area contributed by atoms with Crippen LogP contribution in [0.1, 0.15) is 0 Å². The minimum atomic E-state index is -4.52. The molecular weight excluding hydrogens is 173 g/mol. The predicted octanol–water partition coefficient (Wildman–Crippen LogP) is -4.57. The smallest absolute Gasteiger partial charge is 0.726 e. The Kier molecular flexibility index (Phi) is 9.01. The summed E-state index contributed by atoms with van der Waals surface area (Å²) < 4.78 is 32.3. The van der Waals surface area contributed by atoms with E-state index in [9.17, 15) is 13.0 Å². The fourth-order valence-corrected chi connectivity index (χ4v) is 0.451. The van der Waals surface area contributed by atoms with E-state index >= 15 is 0 Å². The average molecular weight is 179 g/mol. The Balaban J connectivity index is 0. The van der Waals surface area contributed by atoms with Crippen molar-refractivity contribution in [2.24, 2.45) is 5.73 Å². The Morgan fingerprint density at radius 3 is 2.11 bits per heavy atom. The van der Waals surface area contributed by atoms with E-state index in [2.05, 4.69) is 4.18 Å². The van der Waals surface area contributed by atoms with Gasteiger partial charge in [-0.05, 0) is 0 Å². The quantitative estimate of drug-likeness (QED) is 0.267. The summed E-state index contributed by atoms with van der Waals surface area (Å²) in [5.74, 6) is 0. The molecule has 5 nitrogen and oxygen atoms in total. The zero-order chi connectivity index (χ0) is 6.62. The standard InChI is InChI=1S/C2H7NO4S.K/c3-1-2-7-8(4,5)6;/h1-3H2,(H,4,5,6);/q;+1/p-1. The summed E-state index contributed by atoms with van der Waals surface area (Å²) in [7, 11) is -4.52. The molecule has 0 spiro atoms.